The van der Waals surface area contributed by atoms with Gasteiger partial charge in [0.2, 0.25) is 0 Å². The Labute approximate surface area is 195 Å². The van der Waals surface area contributed by atoms with Crippen molar-refractivity contribution in [2.24, 2.45) is 0 Å². The van der Waals surface area contributed by atoms with E-state index in [9.17, 15) is 0 Å². The van der Waals surface area contributed by atoms with Crippen LogP contribution in [0.25, 0.3) is 10.9 Å². The molecule has 172 valence electrons. The predicted molar refractivity (Wildman–Crippen MR) is 131 cm³/mol. The molecule has 5 nitrogen and oxygen atoms in total. The van der Waals surface area contributed by atoms with Crippen molar-refractivity contribution < 1.29 is 19.2 Å². The van der Waals surface area contributed by atoms with Gasteiger partial charge in [0, 0.05) is 17.6 Å². The van der Waals surface area contributed by atoms with Gasteiger partial charge >= 0.3 is 0 Å². The summed E-state index contributed by atoms with van der Waals surface area (Å²) in [5.74, 6) is 2.59. The summed E-state index contributed by atoms with van der Waals surface area (Å²) in [6.45, 7) is 3.33. The van der Waals surface area contributed by atoms with Crippen LogP contribution < -0.4 is 9.47 Å². The van der Waals surface area contributed by atoms with Crippen LogP contribution in [0.1, 0.15) is 30.2 Å². The molecule has 0 saturated carbocycles. The standard InChI is InChI=1S/C28H31NO4/c1-3-7-22-20-26(33-25-8-5-4-6-9-25)11-13-28(22)31-16-15-24-19-23-18-21(14-17-32-30-2)10-12-27(23)29-24/h4-6,8-13,18-20,29H,3,7,14-17H2,1-2H3. The number of aromatic nitrogens is 1. The SMILES string of the molecule is CCCc1cc(Oc2ccccc2)ccc1OCCc1cc2cc(CCOOC)ccc2[nH]1. The Bertz CT molecular complexity index is 1150. The fourth-order valence-electron chi connectivity index (χ4n) is 3.90. The second-order valence-corrected chi connectivity index (χ2v) is 7.99. The Morgan fingerprint density at radius 2 is 1.67 bits per heavy atom. The lowest BCUT2D eigenvalue weighted by Crippen LogP contribution is -2.04. The highest BCUT2D eigenvalue weighted by Gasteiger charge is 2.08. The second kappa shape index (κ2) is 11.5. The molecule has 0 unspecified atom stereocenters. The number of rotatable bonds is 12. The quantitative estimate of drug-likeness (QED) is 0.151. The zero-order valence-corrected chi connectivity index (χ0v) is 19.3. The van der Waals surface area contributed by atoms with Gasteiger partial charge in [-0.1, -0.05) is 37.6 Å². The molecular weight excluding hydrogens is 414 g/mol. The zero-order chi connectivity index (χ0) is 22.9. The van der Waals surface area contributed by atoms with Gasteiger partial charge in [0.25, 0.3) is 0 Å². The molecule has 1 heterocycles. The normalized spacial score (nSPS) is 11.1. The Balaban J connectivity index is 1.37. The van der Waals surface area contributed by atoms with Crippen LogP contribution >= 0.6 is 0 Å². The topological polar surface area (TPSA) is 52.7 Å². The van der Waals surface area contributed by atoms with E-state index in [-0.39, 0.29) is 0 Å². The van der Waals surface area contributed by atoms with Crippen molar-refractivity contribution in [3.63, 3.8) is 0 Å². The number of fused-ring (bicyclic) bond motifs is 1. The Kier molecular flexibility index (Phi) is 8.01. The molecule has 33 heavy (non-hydrogen) atoms. The van der Waals surface area contributed by atoms with Gasteiger partial charge in [-0.25, -0.2) is 9.78 Å². The predicted octanol–water partition coefficient (Wildman–Crippen LogP) is 6.65. The maximum Gasteiger partial charge on any atom is 0.127 e. The number of aryl methyl sites for hydroxylation is 1. The number of ether oxygens (including phenoxy) is 2. The number of para-hydroxylation sites is 1. The van der Waals surface area contributed by atoms with E-state index in [0.717, 1.165) is 54.1 Å². The molecule has 0 saturated heterocycles. The summed E-state index contributed by atoms with van der Waals surface area (Å²) in [5.41, 5.74) is 4.70. The number of aromatic amines is 1. The third kappa shape index (κ3) is 6.37. The minimum absolute atomic E-state index is 0.544. The lowest BCUT2D eigenvalue weighted by atomic mass is 10.1. The molecule has 3 aromatic carbocycles. The lowest BCUT2D eigenvalue weighted by Gasteiger charge is -2.13. The second-order valence-electron chi connectivity index (χ2n) is 7.99. The van der Waals surface area contributed by atoms with E-state index in [1.54, 1.807) is 0 Å². The van der Waals surface area contributed by atoms with Crippen LogP contribution in [0.4, 0.5) is 0 Å². The van der Waals surface area contributed by atoms with Crippen molar-refractivity contribution in [2.45, 2.75) is 32.6 Å². The summed E-state index contributed by atoms with van der Waals surface area (Å²) in [5, 5.41) is 1.20. The molecule has 4 rings (SSSR count). The van der Waals surface area contributed by atoms with Crippen LogP contribution in [0, 0.1) is 0 Å². The number of hydrogen-bond donors (Lipinski definition) is 1. The fourth-order valence-corrected chi connectivity index (χ4v) is 3.90. The van der Waals surface area contributed by atoms with Gasteiger partial charge in [-0.3, -0.25) is 0 Å². The molecule has 4 aromatic rings. The summed E-state index contributed by atoms with van der Waals surface area (Å²) >= 11 is 0. The van der Waals surface area contributed by atoms with E-state index in [4.69, 9.17) is 14.4 Å². The van der Waals surface area contributed by atoms with Crippen LogP contribution in [0.15, 0.2) is 72.8 Å². The molecule has 5 heteroatoms. The molecule has 0 bridgehead atoms. The van der Waals surface area contributed by atoms with E-state index < -0.39 is 0 Å². The van der Waals surface area contributed by atoms with Crippen molar-refractivity contribution in [1.29, 1.82) is 0 Å². The summed E-state index contributed by atoms with van der Waals surface area (Å²) in [4.78, 5) is 13.1. The van der Waals surface area contributed by atoms with E-state index >= 15 is 0 Å². The molecule has 0 aliphatic heterocycles. The average molecular weight is 446 g/mol. The molecule has 1 N–H and O–H groups in total. The molecule has 0 spiro atoms. The summed E-state index contributed by atoms with van der Waals surface area (Å²) in [6.07, 6.45) is 3.62. The number of H-pyrrole nitrogens is 1. The van der Waals surface area contributed by atoms with Crippen molar-refractivity contribution in [3.8, 4) is 17.2 Å². The highest BCUT2D eigenvalue weighted by Crippen LogP contribution is 2.29. The van der Waals surface area contributed by atoms with Gasteiger partial charge in [0.1, 0.15) is 17.2 Å². The Morgan fingerprint density at radius 3 is 2.48 bits per heavy atom. The van der Waals surface area contributed by atoms with Crippen molar-refractivity contribution in [2.75, 3.05) is 20.3 Å². The van der Waals surface area contributed by atoms with Gasteiger partial charge in [0.05, 0.1) is 20.3 Å². The van der Waals surface area contributed by atoms with E-state index in [2.05, 4.69) is 47.1 Å². The maximum absolute atomic E-state index is 6.18. The minimum atomic E-state index is 0.544. The first-order valence-electron chi connectivity index (χ1n) is 11.5. The van der Waals surface area contributed by atoms with Crippen LogP contribution in [0.3, 0.4) is 0 Å². The van der Waals surface area contributed by atoms with Gasteiger partial charge in [-0.2, -0.15) is 0 Å². The number of hydrogen-bond acceptors (Lipinski definition) is 4. The van der Waals surface area contributed by atoms with Gasteiger partial charge in [0.15, 0.2) is 0 Å². The largest absolute Gasteiger partial charge is 0.493 e. The van der Waals surface area contributed by atoms with Gasteiger partial charge in [-0.15, -0.1) is 0 Å². The average Bonchev–Trinajstić information content (AvgIpc) is 3.23. The molecule has 0 amide bonds. The molecule has 0 aliphatic carbocycles. The Morgan fingerprint density at radius 1 is 0.788 bits per heavy atom. The first-order chi connectivity index (χ1) is 16.2. The zero-order valence-electron chi connectivity index (χ0n) is 19.3. The van der Waals surface area contributed by atoms with Crippen molar-refractivity contribution >= 4 is 10.9 Å². The molecule has 0 aliphatic rings. The molecule has 0 fully saturated rings. The van der Waals surface area contributed by atoms with Crippen LogP contribution in [0.2, 0.25) is 0 Å². The van der Waals surface area contributed by atoms with Crippen molar-refractivity contribution in [1.82, 2.24) is 4.98 Å². The molecule has 0 radical (unpaired) electrons. The summed E-state index contributed by atoms with van der Waals surface area (Å²) in [7, 11) is 1.53. The third-order valence-corrected chi connectivity index (χ3v) is 5.49. The van der Waals surface area contributed by atoms with E-state index in [0.29, 0.717) is 13.2 Å². The first kappa shape index (κ1) is 22.9. The molecule has 1 aromatic heterocycles. The summed E-state index contributed by atoms with van der Waals surface area (Å²) in [6, 6.07) is 24.5. The van der Waals surface area contributed by atoms with E-state index in [1.165, 1.54) is 23.6 Å². The summed E-state index contributed by atoms with van der Waals surface area (Å²) < 4.78 is 12.2. The maximum atomic E-state index is 6.18. The highest BCUT2D eigenvalue weighted by atomic mass is 17.2. The monoisotopic (exact) mass is 445 g/mol. The Hall–Kier alpha value is -3.28. The van der Waals surface area contributed by atoms with Crippen LogP contribution in [-0.4, -0.2) is 25.3 Å². The minimum Gasteiger partial charge on any atom is -0.493 e. The highest BCUT2D eigenvalue weighted by molar-refractivity contribution is 5.81. The van der Waals surface area contributed by atoms with Crippen LogP contribution in [-0.2, 0) is 29.0 Å². The lowest BCUT2D eigenvalue weighted by molar-refractivity contribution is -0.271. The van der Waals surface area contributed by atoms with Crippen molar-refractivity contribution in [3.05, 3.63) is 89.6 Å². The smallest absolute Gasteiger partial charge is 0.127 e. The number of nitrogens with one attached hydrogen (secondary N) is 1. The fraction of sp³-hybridized carbons (Fsp3) is 0.286. The molecule has 0 atom stereocenters. The number of benzene rings is 3. The van der Waals surface area contributed by atoms with E-state index in [1.807, 2.05) is 42.5 Å². The van der Waals surface area contributed by atoms with Gasteiger partial charge < -0.3 is 14.5 Å². The third-order valence-electron chi connectivity index (χ3n) is 5.49. The molecular formula is C28H31NO4. The van der Waals surface area contributed by atoms with Gasteiger partial charge in [-0.05, 0) is 77.9 Å². The van der Waals surface area contributed by atoms with Crippen LogP contribution in [0.5, 0.6) is 17.2 Å². The first-order valence-corrected chi connectivity index (χ1v) is 11.5.